The lowest BCUT2D eigenvalue weighted by Gasteiger charge is -2.21. The molecule has 0 aliphatic carbocycles. The lowest BCUT2D eigenvalue weighted by molar-refractivity contribution is 0.0763. The lowest BCUT2D eigenvalue weighted by atomic mass is 10.2. The average molecular weight is 300 g/mol. The molecule has 1 unspecified atom stereocenters. The number of rotatable bonds is 8. The second-order valence-corrected chi connectivity index (χ2v) is 5.56. The zero-order valence-electron chi connectivity index (χ0n) is 13.3. The van der Waals surface area contributed by atoms with Crippen LogP contribution in [0, 0.1) is 6.92 Å². The van der Waals surface area contributed by atoms with Crippen LogP contribution in [-0.4, -0.2) is 47.8 Å². The zero-order chi connectivity index (χ0) is 15.8. The van der Waals surface area contributed by atoms with Gasteiger partial charge >= 0.3 is 0 Å². The predicted molar refractivity (Wildman–Crippen MR) is 88.1 cm³/mol. The van der Waals surface area contributed by atoms with Crippen LogP contribution in [0.1, 0.15) is 11.3 Å². The summed E-state index contributed by atoms with van der Waals surface area (Å²) in [6, 6.07) is 13.8. The topological polar surface area (TPSA) is 45.6 Å². The van der Waals surface area contributed by atoms with E-state index in [1.165, 1.54) is 0 Å². The van der Waals surface area contributed by atoms with Gasteiger partial charge in [0.15, 0.2) is 0 Å². The first kappa shape index (κ1) is 16.5. The highest BCUT2D eigenvalue weighted by molar-refractivity contribution is 5.31. The summed E-state index contributed by atoms with van der Waals surface area (Å²) in [7, 11) is 2.00. The van der Waals surface area contributed by atoms with Crippen molar-refractivity contribution in [3.8, 4) is 5.75 Å². The van der Waals surface area contributed by atoms with Crippen molar-refractivity contribution in [2.45, 2.75) is 19.4 Å². The van der Waals surface area contributed by atoms with E-state index in [0.29, 0.717) is 13.2 Å². The molecule has 1 atom stereocenters. The third kappa shape index (κ3) is 5.47. The van der Waals surface area contributed by atoms with Gasteiger partial charge < -0.3 is 14.7 Å². The van der Waals surface area contributed by atoms with Gasteiger partial charge in [-0.1, -0.05) is 24.3 Å². The zero-order valence-corrected chi connectivity index (χ0v) is 13.3. The molecule has 0 aliphatic rings. The number of likely N-dealkylation sites (N-methyl/N-ethyl adjacent to an activating group) is 1. The van der Waals surface area contributed by atoms with E-state index in [4.69, 9.17) is 4.74 Å². The molecule has 2 rings (SSSR count). The number of para-hydroxylation sites is 1. The van der Waals surface area contributed by atoms with Crippen molar-refractivity contribution in [1.82, 2.24) is 9.88 Å². The van der Waals surface area contributed by atoms with E-state index in [1.807, 2.05) is 56.4 Å². The molecule has 0 bridgehead atoms. The molecule has 0 radical (unpaired) electrons. The van der Waals surface area contributed by atoms with Crippen molar-refractivity contribution >= 4 is 0 Å². The normalized spacial score (nSPS) is 12.4. The minimum absolute atomic E-state index is 0.304. The Balaban J connectivity index is 1.70. The van der Waals surface area contributed by atoms with Crippen molar-refractivity contribution in [1.29, 1.82) is 0 Å². The lowest BCUT2D eigenvalue weighted by Crippen LogP contribution is -2.34. The van der Waals surface area contributed by atoms with Crippen LogP contribution in [0.5, 0.6) is 5.75 Å². The molecular formula is C18H24N2O2. The first-order chi connectivity index (χ1) is 10.6. The minimum atomic E-state index is -0.506. The molecule has 0 aliphatic heterocycles. The Morgan fingerprint density at radius 2 is 1.95 bits per heavy atom. The summed E-state index contributed by atoms with van der Waals surface area (Å²) in [5.74, 6) is 0.831. The summed E-state index contributed by atoms with van der Waals surface area (Å²) >= 11 is 0. The van der Waals surface area contributed by atoms with Gasteiger partial charge in [0.25, 0.3) is 0 Å². The highest BCUT2D eigenvalue weighted by Gasteiger charge is 2.10. The fourth-order valence-corrected chi connectivity index (χ4v) is 2.26. The Labute approximate surface area is 132 Å². The molecule has 1 aromatic carbocycles. The summed E-state index contributed by atoms with van der Waals surface area (Å²) in [6.07, 6.45) is 2.18. The molecule has 0 amide bonds. The average Bonchev–Trinajstić information content (AvgIpc) is 2.53. The maximum atomic E-state index is 10.1. The number of hydrogen-bond acceptors (Lipinski definition) is 4. The van der Waals surface area contributed by atoms with Gasteiger partial charge in [0.1, 0.15) is 18.5 Å². The van der Waals surface area contributed by atoms with E-state index in [1.54, 1.807) is 6.20 Å². The first-order valence-corrected chi connectivity index (χ1v) is 7.60. The highest BCUT2D eigenvalue weighted by atomic mass is 16.5. The summed E-state index contributed by atoms with van der Waals surface area (Å²) in [6.45, 7) is 3.75. The second kappa shape index (κ2) is 8.51. The Bertz CT molecular complexity index is 560. The first-order valence-electron chi connectivity index (χ1n) is 7.60. The Hall–Kier alpha value is -1.91. The molecule has 0 saturated heterocycles. The van der Waals surface area contributed by atoms with Crippen LogP contribution in [0.3, 0.4) is 0 Å². The van der Waals surface area contributed by atoms with Crippen LogP contribution in [-0.2, 0) is 6.42 Å². The third-order valence-corrected chi connectivity index (χ3v) is 3.52. The van der Waals surface area contributed by atoms with Crippen LogP contribution >= 0.6 is 0 Å². The van der Waals surface area contributed by atoms with Crippen LogP contribution < -0.4 is 4.74 Å². The number of aliphatic hydroxyl groups excluding tert-OH is 1. The van der Waals surface area contributed by atoms with E-state index in [0.717, 1.165) is 30.0 Å². The number of hydrogen-bond donors (Lipinski definition) is 1. The van der Waals surface area contributed by atoms with Crippen LogP contribution in [0.25, 0.3) is 0 Å². The van der Waals surface area contributed by atoms with Crippen LogP contribution in [0.4, 0.5) is 0 Å². The number of aromatic nitrogens is 1. The number of pyridine rings is 1. The summed E-state index contributed by atoms with van der Waals surface area (Å²) in [5.41, 5.74) is 2.15. The van der Waals surface area contributed by atoms with Gasteiger partial charge in [-0.3, -0.25) is 4.98 Å². The molecule has 0 saturated carbocycles. The monoisotopic (exact) mass is 300 g/mol. The largest absolute Gasteiger partial charge is 0.491 e. The van der Waals surface area contributed by atoms with E-state index in [9.17, 15) is 5.11 Å². The summed E-state index contributed by atoms with van der Waals surface area (Å²) < 4.78 is 5.67. The maximum absolute atomic E-state index is 10.1. The molecule has 1 aromatic heterocycles. The molecule has 2 aromatic rings. The quantitative estimate of drug-likeness (QED) is 0.812. The fourth-order valence-electron chi connectivity index (χ4n) is 2.26. The molecule has 22 heavy (non-hydrogen) atoms. The molecular weight excluding hydrogens is 276 g/mol. The van der Waals surface area contributed by atoms with Crippen molar-refractivity contribution < 1.29 is 9.84 Å². The van der Waals surface area contributed by atoms with Crippen molar-refractivity contribution in [2.75, 3.05) is 26.7 Å². The highest BCUT2D eigenvalue weighted by Crippen LogP contribution is 2.16. The minimum Gasteiger partial charge on any atom is -0.491 e. The van der Waals surface area contributed by atoms with Crippen LogP contribution in [0.15, 0.2) is 48.7 Å². The number of benzene rings is 1. The van der Waals surface area contributed by atoms with E-state index in [-0.39, 0.29) is 0 Å². The smallest absolute Gasteiger partial charge is 0.122 e. The molecule has 0 fully saturated rings. The molecule has 1 N–H and O–H groups in total. The standard InChI is InChI=1S/C18H24N2O2/c1-15-7-3-4-9-18(15)22-14-17(21)13-20(2)12-10-16-8-5-6-11-19-16/h3-9,11,17,21H,10,12-14H2,1-2H3. The van der Waals surface area contributed by atoms with Crippen molar-refractivity contribution in [2.24, 2.45) is 0 Å². The Kier molecular flexibility index (Phi) is 6.37. The fraction of sp³-hybridized carbons (Fsp3) is 0.389. The van der Waals surface area contributed by atoms with Gasteiger partial charge in [0.05, 0.1) is 0 Å². The van der Waals surface area contributed by atoms with Crippen LogP contribution in [0.2, 0.25) is 0 Å². The summed E-state index contributed by atoms with van der Waals surface area (Å²) in [4.78, 5) is 6.40. The maximum Gasteiger partial charge on any atom is 0.122 e. The third-order valence-electron chi connectivity index (χ3n) is 3.52. The van der Waals surface area contributed by atoms with E-state index < -0.39 is 6.10 Å². The SMILES string of the molecule is Cc1ccccc1OCC(O)CN(C)CCc1ccccn1. The molecule has 1 heterocycles. The molecule has 4 heteroatoms. The Morgan fingerprint density at radius 1 is 1.18 bits per heavy atom. The van der Waals surface area contributed by atoms with Gasteiger partial charge in [0.2, 0.25) is 0 Å². The van der Waals surface area contributed by atoms with Crippen molar-refractivity contribution in [3.05, 3.63) is 59.9 Å². The number of aliphatic hydroxyl groups is 1. The van der Waals surface area contributed by atoms with Gasteiger partial charge in [-0.25, -0.2) is 0 Å². The van der Waals surface area contributed by atoms with E-state index in [2.05, 4.69) is 9.88 Å². The summed E-state index contributed by atoms with van der Waals surface area (Å²) in [5, 5.41) is 10.1. The molecule has 4 nitrogen and oxygen atoms in total. The molecule has 118 valence electrons. The number of nitrogens with zero attached hydrogens (tertiary/aromatic N) is 2. The van der Waals surface area contributed by atoms with Crippen molar-refractivity contribution in [3.63, 3.8) is 0 Å². The number of ether oxygens (including phenoxy) is 1. The van der Waals surface area contributed by atoms with Gasteiger partial charge in [-0.05, 0) is 37.7 Å². The van der Waals surface area contributed by atoms with E-state index >= 15 is 0 Å². The second-order valence-electron chi connectivity index (χ2n) is 5.56. The number of aryl methyl sites for hydroxylation is 1. The molecule has 0 spiro atoms. The van der Waals surface area contributed by atoms with Gasteiger partial charge in [0, 0.05) is 31.4 Å². The Morgan fingerprint density at radius 3 is 2.68 bits per heavy atom. The predicted octanol–water partition coefficient (Wildman–Crippen LogP) is 2.30. The van der Waals surface area contributed by atoms with Gasteiger partial charge in [-0.2, -0.15) is 0 Å². The van der Waals surface area contributed by atoms with Gasteiger partial charge in [-0.15, -0.1) is 0 Å².